The number of nitrogens with zero attached hydrogens (tertiary/aromatic N) is 1. The SMILES string of the molecule is CC(C)C(=O)N1CCNCC1CO. The molecule has 76 valence electrons. The summed E-state index contributed by atoms with van der Waals surface area (Å²) in [6.45, 7) is 6.06. The number of rotatable bonds is 2. The van der Waals surface area contributed by atoms with Crippen molar-refractivity contribution < 1.29 is 9.90 Å². The molecule has 0 aliphatic carbocycles. The van der Waals surface area contributed by atoms with E-state index in [2.05, 4.69) is 5.32 Å². The van der Waals surface area contributed by atoms with E-state index in [1.54, 1.807) is 4.90 Å². The fraction of sp³-hybridized carbons (Fsp3) is 0.889. The Bertz CT molecular complexity index is 182. The molecule has 1 amide bonds. The number of piperazine rings is 1. The van der Waals surface area contributed by atoms with Gasteiger partial charge in [0.05, 0.1) is 12.6 Å². The zero-order valence-corrected chi connectivity index (χ0v) is 8.29. The number of amides is 1. The van der Waals surface area contributed by atoms with Crippen LogP contribution in [0, 0.1) is 5.92 Å². The fourth-order valence-corrected chi connectivity index (χ4v) is 1.55. The van der Waals surface area contributed by atoms with Crippen LogP contribution in [0.15, 0.2) is 0 Å². The smallest absolute Gasteiger partial charge is 0.225 e. The van der Waals surface area contributed by atoms with Crippen molar-refractivity contribution in [2.45, 2.75) is 19.9 Å². The van der Waals surface area contributed by atoms with Gasteiger partial charge in [-0.25, -0.2) is 0 Å². The topological polar surface area (TPSA) is 52.6 Å². The summed E-state index contributed by atoms with van der Waals surface area (Å²) in [6, 6.07) is -0.0383. The van der Waals surface area contributed by atoms with Crippen molar-refractivity contribution in [3.05, 3.63) is 0 Å². The lowest BCUT2D eigenvalue weighted by molar-refractivity contribution is -0.138. The summed E-state index contributed by atoms with van der Waals surface area (Å²) in [5.74, 6) is 0.160. The van der Waals surface area contributed by atoms with E-state index in [-0.39, 0.29) is 24.5 Å². The highest BCUT2D eigenvalue weighted by molar-refractivity contribution is 5.78. The lowest BCUT2D eigenvalue weighted by Gasteiger charge is -2.36. The first-order chi connectivity index (χ1) is 6.16. The van der Waals surface area contributed by atoms with E-state index in [0.717, 1.165) is 6.54 Å². The van der Waals surface area contributed by atoms with Crippen LogP contribution in [0.5, 0.6) is 0 Å². The van der Waals surface area contributed by atoms with E-state index >= 15 is 0 Å². The molecule has 0 aromatic carbocycles. The molecule has 4 nitrogen and oxygen atoms in total. The van der Waals surface area contributed by atoms with Crippen molar-refractivity contribution in [3.63, 3.8) is 0 Å². The lowest BCUT2D eigenvalue weighted by Crippen LogP contribution is -2.56. The van der Waals surface area contributed by atoms with Gasteiger partial charge in [-0.15, -0.1) is 0 Å². The molecule has 1 heterocycles. The molecule has 1 aliphatic rings. The van der Waals surface area contributed by atoms with Crippen LogP contribution < -0.4 is 5.32 Å². The van der Waals surface area contributed by atoms with Gasteiger partial charge in [0.1, 0.15) is 0 Å². The van der Waals surface area contributed by atoms with Crippen molar-refractivity contribution in [2.24, 2.45) is 5.92 Å². The molecule has 0 aromatic heterocycles. The van der Waals surface area contributed by atoms with E-state index in [4.69, 9.17) is 5.11 Å². The minimum atomic E-state index is -0.0383. The summed E-state index contributed by atoms with van der Waals surface area (Å²) in [7, 11) is 0. The average Bonchev–Trinajstić information content (AvgIpc) is 2.16. The average molecular weight is 186 g/mol. The highest BCUT2D eigenvalue weighted by atomic mass is 16.3. The predicted octanol–water partition coefficient (Wildman–Crippen LogP) is -0.565. The molecule has 0 saturated carbocycles. The molecule has 0 spiro atoms. The van der Waals surface area contributed by atoms with Crippen LogP contribution >= 0.6 is 0 Å². The van der Waals surface area contributed by atoms with Crippen LogP contribution in [0.2, 0.25) is 0 Å². The number of carbonyl (C=O) groups is 1. The summed E-state index contributed by atoms with van der Waals surface area (Å²) in [5, 5.41) is 12.2. The van der Waals surface area contributed by atoms with Crippen LogP contribution in [0.3, 0.4) is 0 Å². The summed E-state index contributed by atoms with van der Waals surface area (Å²) in [4.78, 5) is 13.4. The Balaban J connectivity index is 2.58. The molecule has 1 atom stereocenters. The Morgan fingerprint density at radius 1 is 1.69 bits per heavy atom. The highest BCUT2D eigenvalue weighted by Crippen LogP contribution is 2.08. The number of aliphatic hydroxyl groups is 1. The van der Waals surface area contributed by atoms with Crippen molar-refractivity contribution >= 4 is 5.91 Å². The molecule has 0 bridgehead atoms. The minimum Gasteiger partial charge on any atom is -0.394 e. The van der Waals surface area contributed by atoms with Gasteiger partial charge in [-0.1, -0.05) is 13.8 Å². The first kappa shape index (κ1) is 10.5. The van der Waals surface area contributed by atoms with Crippen molar-refractivity contribution in [3.8, 4) is 0 Å². The second-order valence-corrected chi connectivity index (χ2v) is 3.73. The quantitative estimate of drug-likeness (QED) is 0.607. The van der Waals surface area contributed by atoms with Gasteiger partial charge >= 0.3 is 0 Å². The zero-order chi connectivity index (χ0) is 9.84. The second-order valence-electron chi connectivity index (χ2n) is 3.73. The summed E-state index contributed by atoms with van der Waals surface area (Å²) in [6.07, 6.45) is 0. The fourth-order valence-electron chi connectivity index (χ4n) is 1.55. The van der Waals surface area contributed by atoms with E-state index < -0.39 is 0 Å². The monoisotopic (exact) mass is 186 g/mol. The highest BCUT2D eigenvalue weighted by Gasteiger charge is 2.26. The summed E-state index contributed by atoms with van der Waals surface area (Å²) >= 11 is 0. The molecule has 1 unspecified atom stereocenters. The normalized spacial score (nSPS) is 23.7. The second kappa shape index (κ2) is 4.58. The van der Waals surface area contributed by atoms with E-state index in [0.29, 0.717) is 13.1 Å². The van der Waals surface area contributed by atoms with Gasteiger partial charge in [-0.05, 0) is 0 Å². The van der Waals surface area contributed by atoms with Gasteiger partial charge < -0.3 is 15.3 Å². The molecule has 0 radical (unpaired) electrons. The number of hydrogen-bond acceptors (Lipinski definition) is 3. The van der Waals surface area contributed by atoms with E-state index in [1.807, 2.05) is 13.8 Å². The Morgan fingerprint density at radius 2 is 2.38 bits per heavy atom. The molecule has 1 fully saturated rings. The number of hydrogen-bond donors (Lipinski definition) is 2. The predicted molar refractivity (Wildman–Crippen MR) is 50.3 cm³/mol. The standard InChI is InChI=1S/C9H18N2O2/c1-7(2)9(13)11-4-3-10-5-8(11)6-12/h7-8,10,12H,3-6H2,1-2H3. The summed E-state index contributed by atoms with van der Waals surface area (Å²) < 4.78 is 0. The van der Waals surface area contributed by atoms with E-state index in [1.165, 1.54) is 0 Å². The number of carbonyl (C=O) groups excluding carboxylic acids is 1. The van der Waals surface area contributed by atoms with Crippen molar-refractivity contribution in [2.75, 3.05) is 26.2 Å². The Morgan fingerprint density at radius 3 is 2.92 bits per heavy atom. The number of aliphatic hydroxyl groups excluding tert-OH is 1. The van der Waals surface area contributed by atoms with Crippen molar-refractivity contribution in [1.29, 1.82) is 0 Å². The van der Waals surface area contributed by atoms with Crippen molar-refractivity contribution in [1.82, 2.24) is 10.2 Å². The first-order valence-electron chi connectivity index (χ1n) is 4.79. The van der Waals surface area contributed by atoms with Gasteiger partial charge in [0.25, 0.3) is 0 Å². The van der Waals surface area contributed by atoms with Gasteiger partial charge in [-0.3, -0.25) is 4.79 Å². The summed E-state index contributed by atoms with van der Waals surface area (Å²) in [5.41, 5.74) is 0. The zero-order valence-electron chi connectivity index (χ0n) is 8.29. The molecular weight excluding hydrogens is 168 g/mol. The Hall–Kier alpha value is -0.610. The van der Waals surface area contributed by atoms with Crippen LogP contribution in [0.1, 0.15) is 13.8 Å². The number of nitrogens with one attached hydrogen (secondary N) is 1. The third-order valence-electron chi connectivity index (χ3n) is 2.34. The van der Waals surface area contributed by atoms with Crippen LogP contribution in [-0.2, 0) is 4.79 Å². The maximum absolute atomic E-state index is 11.7. The largest absolute Gasteiger partial charge is 0.394 e. The molecule has 13 heavy (non-hydrogen) atoms. The van der Waals surface area contributed by atoms with Gasteiger partial charge in [0, 0.05) is 25.6 Å². The maximum atomic E-state index is 11.7. The van der Waals surface area contributed by atoms with Crippen LogP contribution in [0.25, 0.3) is 0 Å². The maximum Gasteiger partial charge on any atom is 0.225 e. The van der Waals surface area contributed by atoms with Crippen LogP contribution in [-0.4, -0.2) is 48.2 Å². The van der Waals surface area contributed by atoms with Gasteiger partial charge in [0.2, 0.25) is 5.91 Å². The third-order valence-corrected chi connectivity index (χ3v) is 2.34. The van der Waals surface area contributed by atoms with Gasteiger partial charge in [-0.2, -0.15) is 0 Å². The Kier molecular flexibility index (Phi) is 3.69. The van der Waals surface area contributed by atoms with E-state index in [9.17, 15) is 4.79 Å². The Labute approximate surface area is 78.9 Å². The minimum absolute atomic E-state index is 0.0205. The molecule has 1 aliphatic heterocycles. The first-order valence-corrected chi connectivity index (χ1v) is 4.79. The molecule has 2 N–H and O–H groups in total. The third kappa shape index (κ3) is 2.42. The molecule has 1 saturated heterocycles. The lowest BCUT2D eigenvalue weighted by atomic mass is 10.1. The van der Waals surface area contributed by atoms with Gasteiger partial charge in [0.15, 0.2) is 0 Å². The molecule has 0 aromatic rings. The molecule has 4 heteroatoms. The molecular formula is C9H18N2O2. The molecule has 1 rings (SSSR count). The van der Waals surface area contributed by atoms with Crippen LogP contribution in [0.4, 0.5) is 0 Å².